The number of ketones is 1. The molecule has 2 atom stereocenters. The summed E-state index contributed by atoms with van der Waals surface area (Å²) in [6.45, 7) is 5.01. The number of benzene rings is 2. The van der Waals surface area contributed by atoms with Crippen molar-refractivity contribution < 1.29 is 39.6 Å². The van der Waals surface area contributed by atoms with E-state index in [-0.39, 0.29) is 19.0 Å². The molecule has 39 heavy (non-hydrogen) atoms. The van der Waals surface area contributed by atoms with Gasteiger partial charge in [-0.2, -0.15) is 26.3 Å². The Morgan fingerprint density at radius 1 is 0.949 bits per heavy atom. The summed E-state index contributed by atoms with van der Waals surface area (Å²) in [7, 11) is -3.72. The zero-order valence-corrected chi connectivity index (χ0v) is 22.5. The molecule has 1 fully saturated rings. The number of piperazine rings is 1. The van der Waals surface area contributed by atoms with Crippen molar-refractivity contribution in [3.63, 3.8) is 0 Å². The van der Waals surface area contributed by atoms with Crippen LogP contribution in [0.4, 0.5) is 26.3 Å². The molecule has 0 saturated carbocycles. The highest BCUT2D eigenvalue weighted by Gasteiger charge is 2.40. The van der Waals surface area contributed by atoms with E-state index in [2.05, 4.69) is 10.0 Å². The van der Waals surface area contributed by atoms with Gasteiger partial charge in [0.25, 0.3) is 0 Å². The molecule has 13 heteroatoms. The standard InChI is InChI=1S/C26H31F6N3O3S/c1-16-4-5-18(10-17(16)2)11-20(15-34-39(3,37)38)23(35-8-6-33-7-9-35)24(36)19-12-21(25(27,28)29)14-22(13-19)26(30,31)32/h4-5,10,12-14,20,23,33-34H,6-9,11,15H2,1-3H3. The molecule has 216 valence electrons. The van der Waals surface area contributed by atoms with Gasteiger partial charge in [0.1, 0.15) is 0 Å². The van der Waals surface area contributed by atoms with Gasteiger partial charge < -0.3 is 5.32 Å². The van der Waals surface area contributed by atoms with E-state index < -0.39 is 56.8 Å². The number of alkyl halides is 6. The maximum absolute atomic E-state index is 13.9. The van der Waals surface area contributed by atoms with E-state index in [4.69, 9.17) is 0 Å². The minimum atomic E-state index is -5.11. The average molecular weight is 580 g/mol. The Morgan fingerprint density at radius 2 is 1.51 bits per heavy atom. The van der Waals surface area contributed by atoms with Crippen LogP contribution >= 0.6 is 0 Å². The molecule has 0 aliphatic carbocycles. The van der Waals surface area contributed by atoms with E-state index in [0.29, 0.717) is 38.3 Å². The largest absolute Gasteiger partial charge is 0.416 e. The summed E-state index contributed by atoms with van der Waals surface area (Å²) in [5.41, 5.74) is -1.20. The quantitative estimate of drug-likeness (QED) is 0.344. The molecule has 0 radical (unpaired) electrons. The van der Waals surface area contributed by atoms with Crippen LogP contribution in [0.2, 0.25) is 0 Å². The smallest absolute Gasteiger partial charge is 0.314 e. The monoisotopic (exact) mass is 579 g/mol. The second kappa shape index (κ2) is 11.9. The Kier molecular flexibility index (Phi) is 9.51. The SMILES string of the molecule is Cc1ccc(CC(CNS(C)(=O)=O)C(C(=O)c2cc(C(F)(F)F)cc(C(F)(F)F)c2)N2CCNCC2)cc1C. The fourth-order valence-electron chi connectivity index (χ4n) is 4.69. The number of halogens is 6. The number of carbonyl (C=O) groups excluding carboxylic acids is 1. The van der Waals surface area contributed by atoms with Gasteiger partial charge in [0.2, 0.25) is 10.0 Å². The highest BCUT2D eigenvalue weighted by Crippen LogP contribution is 2.37. The summed E-state index contributed by atoms with van der Waals surface area (Å²) < 4.78 is 108. The molecule has 1 saturated heterocycles. The van der Waals surface area contributed by atoms with Crippen molar-refractivity contribution in [3.8, 4) is 0 Å². The molecule has 2 N–H and O–H groups in total. The third-order valence-corrected chi connectivity index (χ3v) is 7.50. The number of hydrogen-bond donors (Lipinski definition) is 2. The summed E-state index contributed by atoms with van der Waals surface area (Å²) in [4.78, 5) is 15.6. The number of aryl methyl sites for hydroxylation is 2. The second-order valence-corrected chi connectivity index (χ2v) is 11.7. The molecule has 0 amide bonds. The highest BCUT2D eigenvalue weighted by atomic mass is 32.2. The summed E-state index contributed by atoms with van der Waals surface area (Å²) in [5, 5.41) is 3.10. The summed E-state index contributed by atoms with van der Waals surface area (Å²) in [6.07, 6.45) is -9.13. The predicted molar refractivity (Wildman–Crippen MR) is 135 cm³/mol. The fourth-order valence-corrected chi connectivity index (χ4v) is 5.21. The molecule has 1 aliphatic rings. The van der Waals surface area contributed by atoms with Crippen molar-refractivity contribution in [3.05, 3.63) is 69.8 Å². The van der Waals surface area contributed by atoms with Gasteiger partial charge in [0.15, 0.2) is 5.78 Å². The van der Waals surface area contributed by atoms with Crippen LogP contribution in [0.15, 0.2) is 36.4 Å². The minimum Gasteiger partial charge on any atom is -0.314 e. The van der Waals surface area contributed by atoms with Crippen LogP contribution in [0, 0.1) is 19.8 Å². The van der Waals surface area contributed by atoms with E-state index in [9.17, 15) is 39.6 Å². The van der Waals surface area contributed by atoms with Gasteiger partial charge in [0.05, 0.1) is 23.4 Å². The van der Waals surface area contributed by atoms with E-state index in [1.165, 1.54) is 0 Å². The first kappa shape index (κ1) is 31.1. The molecule has 0 bridgehead atoms. The third-order valence-electron chi connectivity index (χ3n) is 6.81. The predicted octanol–water partition coefficient (Wildman–Crippen LogP) is 4.21. The molecule has 1 aliphatic heterocycles. The van der Waals surface area contributed by atoms with Crippen LogP contribution in [0.5, 0.6) is 0 Å². The fraction of sp³-hybridized carbons (Fsp3) is 0.500. The number of Topliss-reactive ketones (excluding diaryl/α,β-unsaturated/α-hetero) is 1. The first-order valence-corrected chi connectivity index (χ1v) is 14.1. The van der Waals surface area contributed by atoms with E-state index in [0.717, 1.165) is 22.9 Å². The Morgan fingerprint density at radius 3 is 2.00 bits per heavy atom. The average Bonchev–Trinajstić information content (AvgIpc) is 2.83. The van der Waals surface area contributed by atoms with Gasteiger partial charge in [-0.3, -0.25) is 9.69 Å². The van der Waals surface area contributed by atoms with Crippen molar-refractivity contribution in [1.82, 2.24) is 14.9 Å². The zero-order valence-electron chi connectivity index (χ0n) is 21.7. The normalized spacial score (nSPS) is 17.2. The second-order valence-electron chi connectivity index (χ2n) is 9.89. The van der Waals surface area contributed by atoms with Crippen molar-refractivity contribution in [2.75, 3.05) is 39.0 Å². The molecule has 2 unspecified atom stereocenters. The van der Waals surface area contributed by atoms with Gasteiger partial charge in [-0.1, -0.05) is 18.2 Å². The molecule has 1 heterocycles. The molecule has 2 aromatic carbocycles. The lowest BCUT2D eigenvalue weighted by molar-refractivity contribution is -0.143. The number of nitrogens with one attached hydrogen (secondary N) is 2. The van der Waals surface area contributed by atoms with E-state index >= 15 is 0 Å². The Hall–Kier alpha value is -2.48. The van der Waals surface area contributed by atoms with Gasteiger partial charge in [-0.25, -0.2) is 13.1 Å². The van der Waals surface area contributed by atoms with Crippen molar-refractivity contribution in [1.29, 1.82) is 0 Å². The Labute approximate surface area is 223 Å². The van der Waals surface area contributed by atoms with Gasteiger partial charge in [0, 0.05) is 38.3 Å². The molecule has 0 spiro atoms. The third kappa shape index (κ3) is 8.50. The number of nitrogens with zero attached hydrogens (tertiary/aromatic N) is 1. The van der Waals surface area contributed by atoms with Gasteiger partial charge in [-0.15, -0.1) is 0 Å². The van der Waals surface area contributed by atoms with Crippen LogP contribution in [0.25, 0.3) is 0 Å². The minimum absolute atomic E-state index is 0.0195. The van der Waals surface area contributed by atoms with E-state index in [1.54, 1.807) is 11.0 Å². The van der Waals surface area contributed by atoms with Crippen molar-refractivity contribution in [2.24, 2.45) is 5.92 Å². The van der Waals surface area contributed by atoms with Crippen LogP contribution in [-0.4, -0.2) is 64.1 Å². The highest BCUT2D eigenvalue weighted by molar-refractivity contribution is 7.88. The first-order valence-electron chi connectivity index (χ1n) is 12.2. The number of hydrogen-bond acceptors (Lipinski definition) is 5. The number of carbonyl (C=O) groups is 1. The zero-order chi connectivity index (χ0) is 29.2. The van der Waals surface area contributed by atoms with Crippen molar-refractivity contribution >= 4 is 15.8 Å². The summed E-state index contributed by atoms with van der Waals surface area (Å²) >= 11 is 0. The Bertz CT molecular complexity index is 1260. The van der Waals surface area contributed by atoms with E-state index in [1.807, 2.05) is 26.0 Å². The van der Waals surface area contributed by atoms with Crippen LogP contribution in [0.1, 0.15) is 38.2 Å². The number of rotatable bonds is 9. The maximum Gasteiger partial charge on any atom is 0.416 e. The topological polar surface area (TPSA) is 78.5 Å². The van der Waals surface area contributed by atoms with Crippen molar-refractivity contribution in [2.45, 2.75) is 38.7 Å². The number of sulfonamides is 1. The molecule has 3 rings (SSSR count). The molecule has 6 nitrogen and oxygen atoms in total. The molecule has 2 aromatic rings. The lowest BCUT2D eigenvalue weighted by atomic mass is 9.84. The van der Waals surface area contributed by atoms with Crippen LogP contribution in [-0.2, 0) is 28.8 Å². The van der Waals surface area contributed by atoms with Crippen LogP contribution < -0.4 is 10.0 Å². The first-order chi connectivity index (χ1) is 18.0. The molecular formula is C26H31F6N3O3S. The molecule has 0 aromatic heterocycles. The van der Waals surface area contributed by atoms with Gasteiger partial charge in [-0.05, 0) is 61.1 Å². The molecular weight excluding hydrogens is 548 g/mol. The lowest BCUT2D eigenvalue weighted by Gasteiger charge is -2.39. The summed E-state index contributed by atoms with van der Waals surface area (Å²) in [6, 6.07) is 5.19. The summed E-state index contributed by atoms with van der Waals surface area (Å²) in [5.74, 6) is -1.73. The van der Waals surface area contributed by atoms with Crippen LogP contribution in [0.3, 0.4) is 0 Å². The van der Waals surface area contributed by atoms with Gasteiger partial charge >= 0.3 is 12.4 Å². The lowest BCUT2D eigenvalue weighted by Crippen LogP contribution is -2.56. The Balaban J connectivity index is 2.14. The maximum atomic E-state index is 13.9.